The van der Waals surface area contributed by atoms with Crippen molar-refractivity contribution in [3.8, 4) is 0 Å². The van der Waals surface area contributed by atoms with Gasteiger partial charge in [0.05, 0.1) is 26.1 Å². The molecule has 0 saturated carbocycles. The number of nitrogens with zero attached hydrogens (tertiary/aromatic N) is 2. The Morgan fingerprint density at radius 1 is 1.38 bits per heavy atom. The van der Waals surface area contributed by atoms with Crippen LogP contribution >= 0.6 is 0 Å². The molecule has 1 rings (SSSR count). The molecule has 1 aliphatic heterocycles. The maximum absolute atomic E-state index is 11.0. The molecule has 1 saturated heterocycles. The van der Waals surface area contributed by atoms with E-state index >= 15 is 0 Å². The van der Waals surface area contributed by atoms with Gasteiger partial charge in [0.2, 0.25) is 10.0 Å². The standard InChI is InChI=1S/C15H32N4O4S/c1-4-16-15(17-7-5-8-18-24(3,20)21)19-9-6-14(12-19)13-23-11-10-22-2/h14,18H,4-13H2,1-3H3,(H,16,17). The molecule has 1 atom stereocenters. The second-order valence-corrected chi connectivity index (χ2v) is 7.76. The van der Waals surface area contributed by atoms with E-state index in [1.807, 2.05) is 6.92 Å². The zero-order valence-electron chi connectivity index (χ0n) is 15.1. The Morgan fingerprint density at radius 3 is 2.83 bits per heavy atom. The summed E-state index contributed by atoms with van der Waals surface area (Å²) in [5.74, 6) is 1.41. The van der Waals surface area contributed by atoms with Gasteiger partial charge in [-0.1, -0.05) is 0 Å². The minimum absolute atomic E-state index is 0.414. The van der Waals surface area contributed by atoms with Crippen LogP contribution < -0.4 is 10.0 Å². The smallest absolute Gasteiger partial charge is 0.208 e. The monoisotopic (exact) mass is 364 g/mol. The van der Waals surface area contributed by atoms with Crippen LogP contribution in [0.5, 0.6) is 0 Å². The largest absolute Gasteiger partial charge is 0.382 e. The van der Waals surface area contributed by atoms with Crippen LogP contribution in [0.4, 0.5) is 0 Å². The van der Waals surface area contributed by atoms with Crippen LogP contribution in [0, 0.1) is 5.92 Å². The van der Waals surface area contributed by atoms with Gasteiger partial charge in [-0.15, -0.1) is 0 Å². The Bertz CT molecular complexity index is 470. The Morgan fingerprint density at radius 2 is 2.17 bits per heavy atom. The highest BCUT2D eigenvalue weighted by Crippen LogP contribution is 2.16. The van der Waals surface area contributed by atoms with E-state index in [2.05, 4.69) is 19.9 Å². The summed E-state index contributed by atoms with van der Waals surface area (Å²) in [5, 5.41) is 3.31. The third-order valence-corrected chi connectivity index (χ3v) is 4.39. The van der Waals surface area contributed by atoms with Crippen LogP contribution in [-0.4, -0.2) is 85.2 Å². The second kappa shape index (κ2) is 11.6. The predicted octanol–water partition coefficient (Wildman–Crippen LogP) is -0.124. The minimum atomic E-state index is -3.12. The Labute approximate surface area is 146 Å². The predicted molar refractivity (Wildman–Crippen MR) is 95.8 cm³/mol. The second-order valence-electron chi connectivity index (χ2n) is 5.92. The molecule has 1 fully saturated rings. The SMILES string of the molecule is CCNC(=NCCCNS(C)(=O)=O)N1CCC(COCCOC)C1. The van der Waals surface area contributed by atoms with E-state index in [1.54, 1.807) is 7.11 Å². The molecule has 1 heterocycles. The van der Waals surface area contributed by atoms with Crippen LogP contribution in [0.3, 0.4) is 0 Å². The van der Waals surface area contributed by atoms with Gasteiger partial charge in [0, 0.05) is 45.8 Å². The number of hydrogen-bond acceptors (Lipinski definition) is 5. The maximum Gasteiger partial charge on any atom is 0.208 e. The molecule has 24 heavy (non-hydrogen) atoms. The van der Waals surface area contributed by atoms with Crippen molar-refractivity contribution >= 4 is 16.0 Å². The van der Waals surface area contributed by atoms with Crippen molar-refractivity contribution in [1.82, 2.24) is 14.9 Å². The summed E-state index contributed by atoms with van der Waals surface area (Å²) in [7, 11) is -1.45. The molecule has 0 aromatic rings. The third-order valence-electron chi connectivity index (χ3n) is 3.67. The number of nitrogens with one attached hydrogen (secondary N) is 2. The fourth-order valence-electron chi connectivity index (χ4n) is 2.50. The van der Waals surface area contributed by atoms with Gasteiger partial charge in [-0.05, 0) is 19.8 Å². The first-order valence-electron chi connectivity index (χ1n) is 8.50. The lowest BCUT2D eigenvalue weighted by Crippen LogP contribution is -2.40. The van der Waals surface area contributed by atoms with Crippen LogP contribution in [0.15, 0.2) is 4.99 Å². The highest BCUT2D eigenvalue weighted by molar-refractivity contribution is 7.88. The molecule has 0 bridgehead atoms. The number of likely N-dealkylation sites (tertiary alicyclic amines) is 1. The number of ether oxygens (including phenoxy) is 2. The number of aliphatic imine (C=N–C) groups is 1. The van der Waals surface area contributed by atoms with E-state index in [-0.39, 0.29) is 0 Å². The first-order chi connectivity index (χ1) is 11.5. The van der Waals surface area contributed by atoms with Gasteiger partial charge in [-0.2, -0.15) is 0 Å². The number of sulfonamides is 1. The van der Waals surface area contributed by atoms with Crippen LogP contribution in [-0.2, 0) is 19.5 Å². The van der Waals surface area contributed by atoms with Crippen molar-refractivity contribution in [3.63, 3.8) is 0 Å². The summed E-state index contributed by atoms with van der Waals surface area (Å²) in [6, 6.07) is 0. The number of hydrogen-bond donors (Lipinski definition) is 2. The molecular weight excluding hydrogens is 332 g/mol. The lowest BCUT2D eigenvalue weighted by atomic mass is 10.1. The number of rotatable bonds is 11. The average molecular weight is 365 g/mol. The molecule has 0 aliphatic carbocycles. The van der Waals surface area contributed by atoms with Crippen molar-refractivity contribution < 1.29 is 17.9 Å². The van der Waals surface area contributed by atoms with E-state index in [1.165, 1.54) is 6.26 Å². The average Bonchev–Trinajstić information content (AvgIpc) is 2.98. The van der Waals surface area contributed by atoms with Crippen molar-refractivity contribution in [2.75, 3.05) is 65.9 Å². The van der Waals surface area contributed by atoms with Crippen molar-refractivity contribution in [1.29, 1.82) is 0 Å². The number of methoxy groups -OCH3 is 1. The molecule has 0 spiro atoms. The Kier molecular flexibility index (Phi) is 10.2. The highest BCUT2D eigenvalue weighted by Gasteiger charge is 2.24. The molecular formula is C15H32N4O4S. The van der Waals surface area contributed by atoms with Gasteiger partial charge >= 0.3 is 0 Å². The quantitative estimate of drug-likeness (QED) is 0.302. The molecule has 0 radical (unpaired) electrons. The molecule has 1 aliphatic rings. The molecule has 1 unspecified atom stereocenters. The topological polar surface area (TPSA) is 92.3 Å². The Balaban J connectivity index is 2.34. The van der Waals surface area contributed by atoms with Gasteiger partial charge in [-0.25, -0.2) is 13.1 Å². The fourth-order valence-corrected chi connectivity index (χ4v) is 3.02. The summed E-state index contributed by atoms with van der Waals surface area (Å²) in [4.78, 5) is 6.84. The van der Waals surface area contributed by atoms with E-state index in [9.17, 15) is 8.42 Å². The van der Waals surface area contributed by atoms with Gasteiger partial charge < -0.3 is 19.7 Å². The van der Waals surface area contributed by atoms with E-state index in [0.717, 1.165) is 38.6 Å². The lowest BCUT2D eigenvalue weighted by Gasteiger charge is -2.21. The van der Waals surface area contributed by atoms with Crippen molar-refractivity contribution in [2.45, 2.75) is 19.8 Å². The molecule has 9 heteroatoms. The third kappa shape index (κ3) is 9.41. The molecule has 142 valence electrons. The zero-order chi connectivity index (χ0) is 17.8. The highest BCUT2D eigenvalue weighted by atomic mass is 32.2. The summed E-state index contributed by atoms with van der Waals surface area (Å²) in [5.41, 5.74) is 0. The van der Waals surface area contributed by atoms with E-state index in [0.29, 0.717) is 38.6 Å². The van der Waals surface area contributed by atoms with Gasteiger partial charge in [-0.3, -0.25) is 4.99 Å². The van der Waals surface area contributed by atoms with Crippen LogP contribution in [0.25, 0.3) is 0 Å². The van der Waals surface area contributed by atoms with Gasteiger partial charge in [0.15, 0.2) is 5.96 Å². The summed E-state index contributed by atoms with van der Waals surface area (Å²) in [6.45, 7) is 7.77. The summed E-state index contributed by atoms with van der Waals surface area (Å²) < 4.78 is 35.1. The molecule has 0 aromatic heterocycles. The van der Waals surface area contributed by atoms with E-state index < -0.39 is 10.0 Å². The molecule has 2 N–H and O–H groups in total. The minimum Gasteiger partial charge on any atom is -0.382 e. The molecule has 0 amide bonds. The normalized spacial score (nSPS) is 19.0. The van der Waals surface area contributed by atoms with Crippen LogP contribution in [0.2, 0.25) is 0 Å². The fraction of sp³-hybridized carbons (Fsp3) is 0.933. The lowest BCUT2D eigenvalue weighted by molar-refractivity contribution is 0.0536. The van der Waals surface area contributed by atoms with E-state index in [4.69, 9.17) is 9.47 Å². The Hall–Kier alpha value is -0.900. The summed E-state index contributed by atoms with van der Waals surface area (Å²) >= 11 is 0. The maximum atomic E-state index is 11.0. The van der Waals surface area contributed by atoms with Crippen molar-refractivity contribution in [3.05, 3.63) is 0 Å². The first-order valence-corrected chi connectivity index (χ1v) is 10.4. The van der Waals surface area contributed by atoms with Gasteiger partial charge in [0.25, 0.3) is 0 Å². The van der Waals surface area contributed by atoms with Crippen LogP contribution in [0.1, 0.15) is 19.8 Å². The molecule has 8 nitrogen and oxygen atoms in total. The first kappa shape index (κ1) is 21.1. The summed E-state index contributed by atoms with van der Waals surface area (Å²) in [6.07, 6.45) is 2.94. The molecule has 0 aromatic carbocycles. The van der Waals surface area contributed by atoms with Crippen molar-refractivity contribution in [2.24, 2.45) is 10.9 Å². The van der Waals surface area contributed by atoms with Gasteiger partial charge in [0.1, 0.15) is 0 Å². The zero-order valence-corrected chi connectivity index (χ0v) is 15.9. The number of guanidine groups is 1.